The highest BCUT2D eigenvalue weighted by Gasteiger charge is 2.23. The van der Waals surface area contributed by atoms with Gasteiger partial charge in [0.1, 0.15) is 0 Å². The molecule has 0 aliphatic rings. The van der Waals surface area contributed by atoms with E-state index >= 15 is 0 Å². The summed E-state index contributed by atoms with van der Waals surface area (Å²) in [5, 5.41) is 0. The van der Waals surface area contributed by atoms with Crippen LogP contribution in [-0.2, 0) is 0 Å². The van der Waals surface area contributed by atoms with Gasteiger partial charge in [0.25, 0.3) is 0 Å². The van der Waals surface area contributed by atoms with Crippen LogP contribution in [0.4, 0.5) is 0 Å². The van der Waals surface area contributed by atoms with Crippen molar-refractivity contribution in [1.29, 1.82) is 0 Å². The lowest BCUT2D eigenvalue weighted by molar-refractivity contribution is -0.928. The molecule has 160 valence electrons. The van der Waals surface area contributed by atoms with Crippen molar-refractivity contribution in [2.24, 2.45) is 0 Å². The molecule has 0 fully saturated rings. The highest BCUT2D eigenvalue weighted by Crippen LogP contribution is 2.16. The van der Waals surface area contributed by atoms with Gasteiger partial charge in [0.2, 0.25) is 0 Å². The fourth-order valence-electron chi connectivity index (χ4n) is 4.56. The van der Waals surface area contributed by atoms with Gasteiger partial charge in [0.05, 0.1) is 26.2 Å². The van der Waals surface area contributed by atoms with Gasteiger partial charge < -0.3 is 16.9 Å². The summed E-state index contributed by atoms with van der Waals surface area (Å²) in [6.45, 7) is 15.0. The average Bonchev–Trinajstić information content (AvgIpc) is 2.60. The van der Waals surface area contributed by atoms with Crippen molar-refractivity contribution in [3.63, 3.8) is 0 Å². The van der Waals surface area contributed by atoms with Crippen LogP contribution in [-0.4, -0.2) is 30.7 Å². The Morgan fingerprint density at radius 3 is 0.962 bits per heavy atom. The van der Waals surface area contributed by atoms with Crippen LogP contribution in [0.2, 0.25) is 0 Å². The Hall–Kier alpha value is 0.250. The molecule has 0 amide bonds. The van der Waals surface area contributed by atoms with Gasteiger partial charge in [-0.15, -0.1) is 0 Å². The maximum absolute atomic E-state index is 2.36. The number of rotatable bonds is 20. The first-order chi connectivity index (χ1) is 12.2. The van der Waals surface area contributed by atoms with Gasteiger partial charge in [-0.2, -0.15) is 0 Å². The van der Waals surface area contributed by atoms with Crippen molar-refractivity contribution in [2.75, 3.05) is 26.2 Å². The number of halogens is 1. The smallest absolute Gasteiger partial charge is 0.0786 e. The van der Waals surface area contributed by atoms with E-state index in [4.69, 9.17) is 0 Å². The molecule has 0 aromatic rings. The van der Waals surface area contributed by atoms with E-state index in [9.17, 15) is 0 Å². The van der Waals surface area contributed by atoms with Gasteiger partial charge in [-0.1, -0.05) is 98.3 Å². The lowest BCUT2D eigenvalue weighted by atomic mass is 10.0. The summed E-state index contributed by atoms with van der Waals surface area (Å²) < 4.78 is 1.40. The van der Waals surface area contributed by atoms with E-state index < -0.39 is 0 Å². The fraction of sp³-hybridized carbons (Fsp3) is 1.00. The number of nitrogens with zero attached hydrogens (tertiary/aromatic N) is 1. The Labute approximate surface area is 173 Å². The first kappa shape index (κ1) is 28.5. The molecule has 0 N–H and O–H groups in total. The molecule has 0 saturated heterocycles. The number of hydrogen-bond donors (Lipinski definition) is 0. The average molecular weight is 390 g/mol. The molecule has 0 spiro atoms. The zero-order valence-electron chi connectivity index (χ0n) is 19.0. The molecular formula is C24H52ClN. The molecule has 0 bridgehead atoms. The SMILES string of the molecule is CCCCCCCCCCCCCCC[N+](CCC)(CCC)CCC.[Cl-]. The third-order valence-electron chi connectivity index (χ3n) is 5.83. The van der Waals surface area contributed by atoms with Crippen molar-refractivity contribution in [2.45, 2.75) is 130 Å². The van der Waals surface area contributed by atoms with Crippen LogP contribution >= 0.6 is 0 Å². The number of unbranched alkanes of at least 4 members (excludes halogenated alkanes) is 12. The second-order valence-electron chi connectivity index (χ2n) is 8.48. The Bertz CT molecular complexity index is 238. The molecule has 0 aliphatic carbocycles. The first-order valence-electron chi connectivity index (χ1n) is 12.1. The third-order valence-corrected chi connectivity index (χ3v) is 5.83. The Morgan fingerprint density at radius 2 is 0.654 bits per heavy atom. The Balaban J connectivity index is 0. The highest BCUT2D eigenvalue weighted by molar-refractivity contribution is 4.51. The first-order valence-corrected chi connectivity index (χ1v) is 12.1. The minimum atomic E-state index is 0. The van der Waals surface area contributed by atoms with Crippen LogP contribution in [0.5, 0.6) is 0 Å². The molecule has 0 aliphatic heterocycles. The molecule has 0 heterocycles. The summed E-state index contributed by atoms with van der Waals surface area (Å²) in [5.41, 5.74) is 0. The van der Waals surface area contributed by atoms with Crippen LogP contribution in [0.3, 0.4) is 0 Å². The highest BCUT2D eigenvalue weighted by atomic mass is 35.5. The number of hydrogen-bond acceptors (Lipinski definition) is 0. The molecule has 0 aromatic carbocycles. The van der Waals surface area contributed by atoms with Crippen LogP contribution in [0.15, 0.2) is 0 Å². The maximum atomic E-state index is 2.36. The van der Waals surface area contributed by atoms with E-state index in [0.717, 1.165) is 0 Å². The van der Waals surface area contributed by atoms with Crippen LogP contribution < -0.4 is 12.4 Å². The predicted octanol–water partition coefficient (Wildman–Crippen LogP) is 5.13. The minimum absolute atomic E-state index is 0. The van der Waals surface area contributed by atoms with Gasteiger partial charge >= 0.3 is 0 Å². The van der Waals surface area contributed by atoms with Crippen molar-refractivity contribution in [3.05, 3.63) is 0 Å². The predicted molar refractivity (Wildman–Crippen MR) is 116 cm³/mol. The van der Waals surface area contributed by atoms with Gasteiger partial charge in [-0.05, 0) is 32.1 Å². The Kier molecular flexibility index (Phi) is 23.6. The molecule has 0 rings (SSSR count). The van der Waals surface area contributed by atoms with E-state index in [2.05, 4.69) is 27.7 Å². The summed E-state index contributed by atoms with van der Waals surface area (Å²) in [6, 6.07) is 0. The normalized spacial score (nSPS) is 11.5. The van der Waals surface area contributed by atoms with Crippen molar-refractivity contribution in [3.8, 4) is 0 Å². The van der Waals surface area contributed by atoms with Crippen LogP contribution in [0.25, 0.3) is 0 Å². The molecule has 0 unspecified atom stereocenters. The molecular weight excluding hydrogens is 338 g/mol. The largest absolute Gasteiger partial charge is 1.00 e. The summed E-state index contributed by atoms with van der Waals surface area (Å²) in [4.78, 5) is 0. The maximum Gasteiger partial charge on any atom is 0.0786 e. The summed E-state index contributed by atoms with van der Waals surface area (Å²) >= 11 is 0. The third kappa shape index (κ3) is 16.4. The van der Waals surface area contributed by atoms with Crippen molar-refractivity contribution >= 4 is 0 Å². The standard InChI is InChI=1S/C24H52N.ClH/c1-5-9-10-11-12-13-14-15-16-17-18-19-20-24-25(21-6-2,22-7-3)23-8-4;/h5-24H2,1-4H3;1H/q+1;/p-1. The van der Waals surface area contributed by atoms with Gasteiger partial charge in [-0.25, -0.2) is 0 Å². The quantitative estimate of drug-likeness (QED) is 0.200. The van der Waals surface area contributed by atoms with E-state index in [1.165, 1.54) is 133 Å². The second-order valence-corrected chi connectivity index (χ2v) is 8.48. The summed E-state index contributed by atoms with van der Waals surface area (Å²) in [5.74, 6) is 0. The van der Waals surface area contributed by atoms with Crippen LogP contribution in [0.1, 0.15) is 130 Å². The van der Waals surface area contributed by atoms with Crippen molar-refractivity contribution < 1.29 is 16.9 Å². The van der Waals surface area contributed by atoms with E-state index in [0.29, 0.717) is 0 Å². The minimum Gasteiger partial charge on any atom is -1.00 e. The Morgan fingerprint density at radius 1 is 0.346 bits per heavy atom. The summed E-state index contributed by atoms with van der Waals surface area (Å²) in [7, 11) is 0. The zero-order chi connectivity index (χ0) is 18.6. The fourth-order valence-corrected chi connectivity index (χ4v) is 4.56. The molecule has 26 heavy (non-hydrogen) atoms. The second kappa shape index (κ2) is 21.5. The molecule has 0 atom stereocenters. The lowest BCUT2D eigenvalue weighted by Crippen LogP contribution is -3.00. The molecule has 1 nitrogen and oxygen atoms in total. The van der Waals surface area contributed by atoms with Crippen LogP contribution in [0, 0.1) is 0 Å². The van der Waals surface area contributed by atoms with E-state index in [-0.39, 0.29) is 12.4 Å². The molecule has 2 heteroatoms. The lowest BCUT2D eigenvalue weighted by Gasteiger charge is -2.38. The molecule has 0 saturated carbocycles. The topological polar surface area (TPSA) is 0 Å². The molecule has 0 aromatic heterocycles. The molecule has 0 radical (unpaired) electrons. The summed E-state index contributed by atoms with van der Waals surface area (Å²) in [6.07, 6.45) is 23.1. The number of quaternary nitrogens is 1. The zero-order valence-corrected chi connectivity index (χ0v) is 19.7. The van der Waals surface area contributed by atoms with E-state index in [1.807, 2.05) is 0 Å². The monoisotopic (exact) mass is 389 g/mol. The van der Waals surface area contributed by atoms with Gasteiger partial charge in [0, 0.05) is 0 Å². The van der Waals surface area contributed by atoms with Gasteiger partial charge in [0.15, 0.2) is 0 Å². The van der Waals surface area contributed by atoms with E-state index in [1.54, 1.807) is 0 Å². The van der Waals surface area contributed by atoms with Crippen molar-refractivity contribution in [1.82, 2.24) is 0 Å². The van der Waals surface area contributed by atoms with Gasteiger partial charge in [-0.3, -0.25) is 0 Å².